The van der Waals surface area contributed by atoms with Crippen LogP contribution in [0.5, 0.6) is 0 Å². The lowest BCUT2D eigenvalue weighted by atomic mass is 9.79. The summed E-state index contributed by atoms with van der Waals surface area (Å²) in [6.07, 6.45) is 5.58. The Kier molecular flexibility index (Phi) is 3.24. The molecule has 1 saturated heterocycles. The number of amides is 1. The first-order valence-electron chi connectivity index (χ1n) is 7.46. The van der Waals surface area contributed by atoms with Crippen LogP contribution in [0.1, 0.15) is 40.4 Å². The third-order valence-corrected chi connectivity index (χ3v) is 4.47. The molecule has 1 amide bonds. The van der Waals surface area contributed by atoms with Crippen molar-refractivity contribution in [2.75, 3.05) is 6.54 Å². The maximum Gasteiger partial charge on any atom is 0.491 e. The molecule has 3 heterocycles. The van der Waals surface area contributed by atoms with E-state index in [9.17, 15) is 9.82 Å². The van der Waals surface area contributed by atoms with E-state index in [4.69, 9.17) is 4.65 Å². The smallest absolute Gasteiger partial charge is 0.423 e. The number of aromatic amines is 1. The summed E-state index contributed by atoms with van der Waals surface area (Å²) in [4.78, 5) is 14.7. The van der Waals surface area contributed by atoms with E-state index >= 15 is 0 Å². The number of benzene rings is 1. The number of nitrogens with zero attached hydrogens (tertiary/aromatic N) is 2. The van der Waals surface area contributed by atoms with E-state index in [0.717, 1.165) is 36.0 Å². The molecular weight excluding hydrogens is 281 g/mol. The molecule has 7 heteroatoms. The Hall–Kier alpha value is -2.12. The fourth-order valence-electron chi connectivity index (χ4n) is 3.33. The van der Waals surface area contributed by atoms with Crippen LogP contribution in [0.2, 0.25) is 0 Å². The van der Waals surface area contributed by atoms with Crippen molar-refractivity contribution in [3.05, 3.63) is 47.3 Å². The molecule has 0 saturated carbocycles. The van der Waals surface area contributed by atoms with E-state index in [1.807, 2.05) is 17.2 Å². The maximum atomic E-state index is 12.8. The Balaban J connectivity index is 1.61. The SMILES string of the molecule is O=C(c1ccc2c(c1)COB2O)N1CCCC1c1cn[nH]c1. The molecule has 2 N–H and O–H groups in total. The third-order valence-electron chi connectivity index (χ3n) is 4.47. The van der Waals surface area contributed by atoms with Gasteiger partial charge in [-0.1, -0.05) is 6.07 Å². The van der Waals surface area contributed by atoms with Gasteiger partial charge in [-0.3, -0.25) is 9.89 Å². The molecule has 0 bridgehead atoms. The Labute approximate surface area is 128 Å². The molecule has 2 aliphatic heterocycles. The minimum absolute atomic E-state index is 0.0212. The molecule has 0 radical (unpaired) electrons. The van der Waals surface area contributed by atoms with Crippen molar-refractivity contribution >= 4 is 18.5 Å². The molecule has 112 valence electrons. The fraction of sp³-hybridized carbons (Fsp3) is 0.333. The second-order valence-corrected chi connectivity index (χ2v) is 5.77. The molecule has 1 atom stereocenters. The van der Waals surface area contributed by atoms with Crippen molar-refractivity contribution in [1.82, 2.24) is 15.1 Å². The van der Waals surface area contributed by atoms with Crippen molar-refractivity contribution in [2.24, 2.45) is 0 Å². The highest BCUT2D eigenvalue weighted by Crippen LogP contribution is 2.32. The zero-order chi connectivity index (χ0) is 15.1. The summed E-state index contributed by atoms with van der Waals surface area (Å²) in [5, 5.41) is 16.5. The number of carbonyl (C=O) groups excluding carboxylic acids is 1. The molecule has 0 aliphatic carbocycles. The quantitative estimate of drug-likeness (QED) is 0.796. The standard InChI is InChI=1S/C15H16BN3O3/c20-15(10-3-4-13-11(6-10)9-22-16(13)21)19-5-1-2-14(19)12-7-17-18-8-12/h3-4,6-8,14,21H,1-2,5,9H2,(H,17,18). The van der Waals surface area contributed by atoms with Gasteiger partial charge in [0.25, 0.3) is 5.91 Å². The summed E-state index contributed by atoms with van der Waals surface area (Å²) in [7, 11) is -0.871. The van der Waals surface area contributed by atoms with E-state index < -0.39 is 7.12 Å². The topological polar surface area (TPSA) is 78.5 Å². The number of fused-ring (bicyclic) bond motifs is 1. The van der Waals surface area contributed by atoms with Gasteiger partial charge in [0.2, 0.25) is 0 Å². The maximum absolute atomic E-state index is 12.8. The van der Waals surface area contributed by atoms with E-state index in [1.54, 1.807) is 18.3 Å². The summed E-state index contributed by atoms with van der Waals surface area (Å²) >= 11 is 0. The van der Waals surface area contributed by atoms with Crippen LogP contribution >= 0.6 is 0 Å². The number of rotatable bonds is 2. The van der Waals surface area contributed by atoms with E-state index in [1.165, 1.54) is 0 Å². The molecule has 0 spiro atoms. The molecule has 2 aliphatic rings. The fourth-order valence-corrected chi connectivity index (χ4v) is 3.33. The first-order valence-corrected chi connectivity index (χ1v) is 7.46. The van der Waals surface area contributed by atoms with Crippen LogP contribution in [0, 0.1) is 0 Å². The van der Waals surface area contributed by atoms with Gasteiger partial charge >= 0.3 is 7.12 Å². The van der Waals surface area contributed by atoms with Gasteiger partial charge in [0.15, 0.2) is 0 Å². The van der Waals surface area contributed by atoms with Gasteiger partial charge in [-0.15, -0.1) is 0 Å². The van der Waals surface area contributed by atoms with Crippen LogP contribution in [-0.4, -0.2) is 39.7 Å². The average molecular weight is 297 g/mol. The van der Waals surface area contributed by atoms with Gasteiger partial charge in [0.05, 0.1) is 18.8 Å². The highest BCUT2D eigenvalue weighted by molar-refractivity contribution is 6.61. The molecule has 6 nitrogen and oxygen atoms in total. The molecule has 1 unspecified atom stereocenters. The number of likely N-dealkylation sites (tertiary alicyclic amines) is 1. The van der Waals surface area contributed by atoms with Crippen LogP contribution in [0.25, 0.3) is 0 Å². The number of H-pyrrole nitrogens is 1. The molecule has 1 aromatic carbocycles. The number of hydrogen-bond acceptors (Lipinski definition) is 4. The molecular formula is C15H16BN3O3. The van der Waals surface area contributed by atoms with Crippen molar-refractivity contribution in [1.29, 1.82) is 0 Å². The molecule has 4 rings (SSSR count). The van der Waals surface area contributed by atoms with Crippen LogP contribution < -0.4 is 5.46 Å². The van der Waals surface area contributed by atoms with Crippen LogP contribution in [0.4, 0.5) is 0 Å². The molecule has 1 aromatic heterocycles. The van der Waals surface area contributed by atoms with Crippen LogP contribution in [-0.2, 0) is 11.3 Å². The highest BCUT2D eigenvalue weighted by Gasteiger charge is 2.33. The first-order chi connectivity index (χ1) is 10.7. The van der Waals surface area contributed by atoms with E-state index in [0.29, 0.717) is 12.2 Å². The zero-order valence-electron chi connectivity index (χ0n) is 12.0. The monoisotopic (exact) mass is 297 g/mol. The molecule has 2 aromatic rings. The largest absolute Gasteiger partial charge is 0.491 e. The van der Waals surface area contributed by atoms with E-state index in [2.05, 4.69) is 10.2 Å². The van der Waals surface area contributed by atoms with Gasteiger partial charge < -0.3 is 14.6 Å². The Bertz CT molecular complexity index is 704. The third kappa shape index (κ3) is 2.13. The Morgan fingerprint density at radius 1 is 1.50 bits per heavy atom. The number of aromatic nitrogens is 2. The average Bonchev–Trinajstić information content (AvgIpc) is 3.26. The van der Waals surface area contributed by atoms with Gasteiger partial charge in [0, 0.05) is 23.9 Å². The Morgan fingerprint density at radius 3 is 3.23 bits per heavy atom. The lowest BCUT2D eigenvalue weighted by Gasteiger charge is -2.24. The van der Waals surface area contributed by atoms with Crippen molar-refractivity contribution in [2.45, 2.75) is 25.5 Å². The number of hydrogen-bond donors (Lipinski definition) is 2. The van der Waals surface area contributed by atoms with E-state index in [-0.39, 0.29) is 11.9 Å². The lowest BCUT2D eigenvalue weighted by molar-refractivity contribution is 0.0735. The number of carbonyl (C=O) groups is 1. The first kappa shape index (κ1) is 13.5. The van der Waals surface area contributed by atoms with Gasteiger partial charge in [0.1, 0.15) is 0 Å². The predicted octanol–water partition coefficient (Wildman–Crippen LogP) is 0.605. The summed E-state index contributed by atoms with van der Waals surface area (Å²) in [6.45, 7) is 1.10. The van der Waals surface area contributed by atoms with Crippen molar-refractivity contribution in [3.63, 3.8) is 0 Å². The van der Waals surface area contributed by atoms with Crippen molar-refractivity contribution < 1.29 is 14.5 Å². The van der Waals surface area contributed by atoms with Gasteiger partial charge in [-0.05, 0) is 36.0 Å². The summed E-state index contributed by atoms with van der Waals surface area (Å²) < 4.78 is 5.18. The second kappa shape index (κ2) is 5.26. The van der Waals surface area contributed by atoms with Crippen molar-refractivity contribution in [3.8, 4) is 0 Å². The zero-order valence-corrected chi connectivity index (χ0v) is 12.0. The predicted molar refractivity (Wildman–Crippen MR) is 80.4 cm³/mol. The second-order valence-electron chi connectivity index (χ2n) is 5.77. The van der Waals surface area contributed by atoms with Crippen LogP contribution in [0.15, 0.2) is 30.6 Å². The summed E-state index contributed by atoms with van der Waals surface area (Å²) in [6, 6.07) is 5.47. The molecule has 22 heavy (non-hydrogen) atoms. The summed E-state index contributed by atoms with van der Waals surface area (Å²) in [5.41, 5.74) is 3.33. The summed E-state index contributed by atoms with van der Waals surface area (Å²) in [5.74, 6) is 0.0212. The number of nitrogens with one attached hydrogen (secondary N) is 1. The van der Waals surface area contributed by atoms with Crippen LogP contribution in [0.3, 0.4) is 0 Å². The lowest BCUT2D eigenvalue weighted by Crippen LogP contribution is -2.32. The Morgan fingerprint density at radius 2 is 2.41 bits per heavy atom. The highest BCUT2D eigenvalue weighted by atomic mass is 16.5. The normalized spacial score (nSPS) is 20.5. The van der Waals surface area contributed by atoms with Gasteiger partial charge in [-0.2, -0.15) is 5.10 Å². The molecule has 1 fully saturated rings. The minimum Gasteiger partial charge on any atom is -0.423 e. The van der Waals surface area contributed by atoms with Gasteiger partial charge in [-0.25, -0.2) is 0 Å². The minimum atomic E-state index is -0.871.